The summed E-state index contributed by atoms with van der Waals surface area (Å²) in [7, 11) is 1.34. The van der Waals surface area contributed by atoms with E-state index in [-0.39, 0.29) is 36.0 Å². The van der Waals surface area contributed by atoms with Crippen LogP contribution in [0.2, 0.25) is 0 Å². The van der Waals surface area contributed by atoms with Crippen LogP contribution in [0, 0.1) is 10.1 Å². The fourth-order valence-corrected chi connectivity index (χ4v) is 2.58. The summed E-state index contributed by atoms with van der Waals surface area (Å²) in [4.78, 5) is 24.1. The van der Waals surface area contributed by atoms with E-state index in [1.165, 1.54) is 30.2 Å². The number of hydrogen-bond donors (Lipinski definition) is 1. The number of benzene rings is 1. The highest BCUT2D eigenvalue weighted by atomic mass is 16.6. The summed E-state index contributed by atoms with van der Waals surface area (Å²) in [6.45, 7) is 2.49. The van der Waals surface area contributed by atoms with Crippen LogP contribution in [0.15, 0.2) is 18.2 Å². The first-order chi connectivity index (χ1) is 9.90. The number of nitro groups is 1. The summed E-state index contributed by atoms with van der Waals surface area (Å²) in [6, 6.07) is 4.10. The van der Waals surface area contributed by atoms with E-state index >= 15 is 0 Å². The van der Waals surface area contributed by atoms with E-state index in [1.807, 2.05) is 6.92 Å². The van der Waals surface area contributed by atoms with E-state index in [0.29, 0.717) is 6.42 Å². The van der Waals surface area contributed by atoms with E-state index in [9.17, 15) is 20.0 Å². The van der Waals surface area contributed by atoms with Gasteiger partial charge in [0.15, 0.2) is 5.75 Å². The van der Waals surface area contributed by atoms with Gasteiger partial charge in [0.1, 0.15) is 0 Å². The number of ether oxygens (including phenoxy) is 1. The molecule has 0 aliphatic carbocycles. The topological polar surface area (TPSA) is 92.9 Å². The first kappa shape index (κ1) is 15.2. The smallest absolute Gasteiger partial charge is 0.311 e. The van der Waals surface area contributed by atoms with Crippen LogP contribution in [0.1, 0.15) is 30.1 Å². The maximum atomic E-state index is 12.2. The standard InChI is InChI=1S/C14H18N2O5/c1-3-6-14(18)8-15(9-14)13(17)10-4-5-12(21-2)11(7-10)16(19)20/h4-5,7,18H,3,6,8-9H2,1-2H3. The number of rotatable bonds is 5. The molecule has 0 radical (unpaired) electrons. The van der Waals surface area contributed by atoms with E-state index in [0.717, 1.165) is 6.42 Å². The van der Waals surface area contributed by atoms with Crippen molar-refractivity contribution < 1.29 is 19.6 Å². The number of amides is 1. The molecule has 0 unspecified atom stereocenters. The van der Waals surface area contributed by atoms with Crippen LogP contribution < -0.4 is 4.74 Å². The van der Waals surface area contributed by atoms with Gasteiger partial charge in [-0.1, -0.05) is 13.3 Å². The molecule has 1 N–H and O–H groups in total. The molecule has 1 saturated heterocycles. The molecule has 0 saturated carbocycles. The second kappa shape index (κ2) is 5.69. The second-order valence-corrected chi connectivity index (χ2v) is 5.28. The zero-order chi connectivity index (χ0) is 15.6. The van der Waals surface area contributed by atoms with Gasteiger partial charge in [0.05, 0.1) is 30.7 Å². The average molecular weight is 294 g/mol. The third-order valence-electron chi connectivity index (χ3n) is 3.60. The molecular weight excluding hydrogens is 276 g/mol. The second-order valence-electron chi connectivity index (χ2n) is 5.28. The number of likely N-dealkylation sites (tertiary alicyclic amines) is 1. The number of nitrogens with zero attached hydrogens (tertiary/aromatic N) is 2. The predicted molar refractivity (Wildman–Crippen MR) is 75.4 cm³/mol. The number of carbonyl (C=O) groups is 1. The Balaban J connectivity index is 2.14. The highest BCUT2D eigenvalue weighted by Crippen LogP contribution is 2.31. The van der Waals surface area contributed by atoms with E-state index in [1.54, 1.807) is 0 Å². The Labute approximate surface area is 122 Å². The van der Waals surface area contributed by atoms with Crippen LogP contribution in [-0.4, -0.2) is 46.6 Å². The summed E-state index contributed by atoms with van der Waals surface area (Å²) in [5.74, 6) is -0.204. The highest BCUT2D eigenvalue weighted by molar-refractivity contribution is 5.96. The van der Waals surface area contributed by atoms with Gasteiger partial charge in [0.25, 0.3) is 5.91 Å². The zero-order valence-corrected chi connectivity index (χ0v) is 12.0. The van der Waals surface area contributed by atoms with Gasteiger partial charge in [-0.05, 0) is 18.6 Å². The van der Waals surface area contributed by atoms with E-state index in [2.05, 4.69) is 0 Å². The lowest BCUT2D eigenvalue weighted by molar-refractivity contribution is -0.385. The van der Waals surface area contributed by atoms with Crippen LogP contribution in [0.4, 0.5) is 5.69 Å². The molecule has 0 aromatic heterocycles. The third kappa shape index (κ3) is 2.97. The van der Waals surface area contributed by atoms with Crippen molar-refractivity contribution in [2.24, 2.45) is 0 Å². The van der Waals surface area contributed by atoms with Crippen molar-refractivity contribution in [1.82, 2.24) is 4.90 Å². The van der Waals surface area contributed by atoms with Crippen molar-refractivity contribution in [1.29, 1.82) is 0 Å². The Morgan fingerprint density at radius 2 is 2.19 bits per heavy atom. The van der Waals surface area contributed by atoms with Crippen LogP contribution in [0.3, 0.4) is 0 Å². The molecular formula is C14H18N2O5. The molecule has 7 nitrogen and oxygen atoms in total. The molecule has 1 aromatic carbocycles. The Kier molecular flexibility index (Phi) is 4.13. The van der Waals surface area contributed by atoms with Gasteiger partial charge in [0.2, 0.25) is 0 Å². The Bertz CT molecular complexity index is 566. The lowest BCUT2D eigenvalue weighted by Crippen LogP contribution is -2.63. The van der Waals surface area contributed by atoms with Crippen molar-refractivity contribution in [3.63, 3.8) is 0 Å². The molecule has 1 fully saturated rings. The number of nitro benzene ring substituents is 1. The third-order valence-corrected chi connectivity index (χ3v) is 3.60. The molecule has 1 aliphatic rings. The first-order valence-corrected chi connectivity index (χ1v) is 6.74. The number of methoxy groups -OCH3 is 1. The van der Waals surface area contributed by atoms with Crippen LogP contribution in [-0.2, 0) is 0 Å². The fourth-order valence-electron chi connectivity index (χ4n) is 2.58. The SMILES string of the molecule is CCCC1(O)CN(C(=O)c2ccc(OC)c([N+](=O)[O-])c2)C1. The normalized spacial score (nSPS) is 16.2. The van der Waals surface area contributed by atoms with Crippen molar-refractivity contribution in [3.05, 3.63) is 33.9 Å². The molecule has 114 valence electrons. The summed E-state index contributed by atoms with van der Waals surface area (Å²) in [5.41, 5.74) is -0.836. The quantitative estimate of drug-likeness (QED) is 0.657. The minimum absolute atomic E-state index is 0.114. The summed E-state index contributed by atoms with van der Waals surface area (Å²) >= 11 is 0. The van der Waals surface area contributed by atoms with Gasteiger partial charge in [-0.25, -0.2) is 0 Å². The lowest BCUT2D eigenvalue weighted by Gasteiger charge is -2.46. The Hall–Kier alpha value is -2.15. The maximum absolute atomic E-state index is 12.2. The number of aliphatic hydroxyl groups is 1. The number of carbonyl (C=O) groups excluding carboxylic acids is 1. The predicted octanol–water partition coefficient (Wildman–Crippen LogP) is 1.59. The summed E-state index contributed by atoms with van der Waals surface area (Å²) < 4.78 is 4.90. The van der Waals surface area contributed by atoms with Gasteiger partial charge in [-0.2, -0.15) is 0 Å². The number of β-amino-alcohol motifs (C(OH)–C–C–N with tert-alkyl or cyclic N) is 1. The van der Waals surface area contributed by atoms with Crippen molar-refractivity contribution in [2.45, 2.75) is 25.4 Å². The zero-order valence-electron chi connectivity index (χ0n) is 12.0. The molecule has 0 bridgehead atoms. The minimum Gasteiger partial charge on any atom is -0.490 e. The first-order valence-electron chi connectivity index (χ1n) is 6.74. The monoisotopic (exact) mass is 294 g/mol. The lowest BCUT2D eigenvalue weighted by atomic mass is 9.88. The fraction of sp³-hybridized carbons (Fsp3) is 0.500. The molecule has 21 heavy (non-hydrogen) atoms. The largest absolute Gasteiger partial charge is 0.490 e. The molecule has 2 rings (SSSR count). The maximum Gasteiger partial charge on any atom is 0.311 e. The summed E-state index contributed by atoms with van der Waals surface area (Å²) in [5, 5.41) is 21.0. The Morgan fingerprint density at radius 3 is 2.71 bits per heavy atom. The number of hydrogen-bond acceptors (Lipinski definition) is 5. The van der Waals surface area contributed by atoms with Gasteiger partial charge >= 0.3 is 5.69 Å². The van der Waals surface area contributed by atoms with Crippen LogP contribution in [0.25, 0.3) is 0 Å². The van der Waals surface area contributed by atoms with Crippen molar-refractivity contribution in [2.75, 3.05) is 20.2 Å². The van der Waals surface area contributed by atoms with Crippen molar-refractivity contribution >= 4 is 11.6 Å². The van der Waals surface area contributed by atoms with Gasteiger partial charge in [-0.15, -0.1) is 0 Å². The average Bonchev–Trinajstić information content (AvgIpc) is 2.43. The van der Waals surface area contributed by atoms with Crippen LogP contribution >= 0.6 is 0 Å². The molecule has 0 atom stereocenters. The highest BCUT2D eigenvalue weighted by Gasteiger charge is 2.43. The minimum atomic E-state index is -0.817. The molecule has 7 heteroatoms. The van der Waals surface area contributed by atoms with E-state index < -0.39 is 10.5 Å². The molecule has 1 aliphatic heterocycles. The van der Waals surface area contributed by atoms with Gasteiger partial charge < -0.3 is 14.7 Å². The molecule has 1 heterocycles. The summed E-state index contributed by atoms with van der Waals surface area (Å²) in [6.07, 6.45) is 1.48. The molecule has 1 amide bonds. The van der Waals surface area contributed by atoms with Gasteiger partial charge in [-0.3, -0.25) is 14.9 Å². The molecule has 1 aromatic rings. The van der Waals surface area contributed by atoms with Gasteiger partial charge in [0, 0.05) is 11.6 Å². The molecule has 0 spiro atoms. The Morgan fingerprint density at radius 1 is 1.52 bits per heavy atom. The van der Waals surface area contributed by atoms with Crippen LogP contribution in [0.5, 0.6) is 5.75 Å². The van der Waals surface area contributed by atoms with Crippen molar-refractivity contribution in [3.8, 4) is 5.75 Å². The van der Waals surface area contributed by atoms with E-state index in [4.69, 9.17) is 4.74 Å².